The maximum absolute atomic E-state index is 6.05. The van der Waals surface area contributed by atoms with E-state index in [9.17, 15) is 0 Å². The van der Waals surface area contributed by atoms with Crippen molar-refractivity contribution in [2.75, 3.05) is 0 Å². The topological polar surface area (TPSA) is 30.7 Å². The van der Waals surface area contributed by atoms with Gasteiger partial charge in [0.1, 0.15) is 6.33 Å². The van der Waals surface area contributed by atoms with Crippen LogP contribution in [0, 0.1) is 3.83 Å². The average Bonchev–Trinajstić information content (AvgIpc) is 2.59. The van der Waals surface area contributed by atoms with Gasteiger partial charge in [0.05, 0.1) is 16.6 Å². The first-order valence-electron chi connectivity index (χ1n) is 4.14. The fraction of sp³-hybridized carbons (Fsp3) is 0.111. The molecule has 0 spiro atoms. The van der Waals surface area contributed by atoms with Crippen LogP contribution in [0.2, 0.25) is 10.0 Å². The highest BCUT2D eigenvalue weighted by molar-refractivity contribution is 14.1. The van der Waals surface area contributed by atoms with Crippen LogP contribution in [-0.2, 0) is 6.54 Å². The zero-order valence-corrected chi connectivity index (χ0v) is 11.2. The standard InChI is InChI=1S/C9H6Cl2IN3/c10-7-3-1-2-6(8(7)11)4-15-5-13-9(12)14-15/h1-3,5H,4H2. The van der Waals surface area contributed by atoms with Crippen LogP contribution in [0.4, 0.5) is 0 Å². The van der Waals surface area contributed by atoms with E-state index in [1.165, 1.54) is 0 Å². The number of aromatic nitrogens is 3. The van der Waals surface area contributed by atoms with Gasteiger partial charge in [-0.05, 0) is 11.6 Å². The van der Waals surface area contributed by atoms with Crippen molar-refractivity contribution >= 4 is 45.8 Å². The fourth-order valence-electron chi connectivity index (χ4n) is 1.19. The molecule has 0 aliphatic carbocycles. The van der Waals surface area contributed by atoms with Crippen molar-refractivity contribution in [3.05, 3.63) is 44.0 Å². The lowest BCUT2D eigenvalue weighted by Crippen LogP contribution is -2.01. The molecule has 78 valence electrons. The average molecular weight is 354 g/mol. The molecule has 0 unspecified atom stereocenters. The Bertz CT molecular complexity index is 484. The van der Waals surface area contributed by atoms with Crippen LogP contribution in [0.1, 0.15) is 5.56 Å². The van der Waals surface area contributed by atoms with Crippen LogP contribution in [0.15, 0.2) is 24.5 Å². The van der Waals surface area contributed by atoms with E-state index in [0.717, 1.165) is 5.56 Å². The molecule has 15 heavy (non-hydrogen) atoms. The van der Waals surface area contributed by atoms with Crippen LogP contribution in [0.5, 0.6) is 0 Å². The van der Waals surface area contributed by atoms with Crippen molar-refractivity contribution in [1.82, 2.24) is 14.8 Å². The summed E-state index contributed by atoms with van der Waals surface area (Å²) in [6.45, 7) is 0.579. The third-order valence-electron chi connectivity index (χ3n) is 1.87. The summed E-state index contributed by atoms with van der Waals surface area (Å²) in [6, 6.07) is 5.55. The molecule has 0 saturated carbocycles. The van der Waals surface area contributed by atoms with Crippen LogP contribution < -0.4 is 0 Å². The molecule has 0 fully saturated rings. The lowest BCUT2D eigenvalue weighted by atomic mass is 10.2. The number of benzene rings is 1. The largest absolute Gasteiger partial charge is 0.247 e. The van der Waals surface area contributed by atoms with E-state index in [1.807, 2.05) is 12.1 Å². The van der Waals surface area contributed by atoms with Crippen molar-refractivity contribution in [1.29, 1.82) is 0 Å². The maximum Gasteiger partial charge on any atom is 0.211 e. The Kier molecular flexibility index (Phi) is 3.48. The maximum atomic E-state index is 6.05. The predicted molar refractivity (Wildman–Crippen MR) is 68.3 cm³/mol. The molecular weight excluding hydrogens is 348 g/mol. The van der Waals surface area contributed by atoms with Crippen LogP contribution in [0.25, 0.3) is 0 Å². The van der Waals surface area contributed by atoms with Gasteiger partial charge in [-0.1, -0.05) is 35.3 Å². The van der Waals surface area contributed by atoms with E-state index in [2.05, 4.69) is 32.7 Å². The van der Waals surface area contributed by atoms with Gasteiger partial charge < -0.3 is 0 Å². The number of nitrogens with zero attached hydrogens (tertiary/aromatic N) is 3. The first-order chi connectivity index (χ1) is 7.16. The highest BCUT2D eigenvalue weighted by atomic mass is 127. The summed E-state index contributed by atoms with van der Waals surface area (Å²) in [4.78, 5) is 4.03. The molecule has 3 nitrogen and oxygen atoms in total. The quantitative estimate of drug-likeness (QED) is 0.776. The Labute approximate surface area is 111 Å². The summed E-state index contributed by atoms with van der Waals surface area (Å²) in [5.74, 6) is 0. The van der Waals surface area contributed by atoms with Gasteiger partial charge in [-0.15, -0.1) is 5.10 Å². The van der Waals surface area contributed by atoms with Crippen LogP contribution >= 0.6 is 45.8 Å². The first kappa shape index (κ1) is 11.2. The summed E-state index contributed by atoms with van der Waals surface area (Å²) in [5, 5.41) is 5.30. The van der Waals surface area contributed by atoms with Gasteiger partial charge in [0.15, 0.2) is 0 Å². The van der Waals surface area contributed by atoms with Gasteiger partial charge in [-0.2, -0.15) is 0 Å². The predicted octanol–water partition coefficient (Wildman–Crippen LogP) is 3.24. The summed E-state index contributed by atoms with van der Waals surface area (Å²) >= 11 is 14.0. The SMILES string of the molecule is Clc1cccc(Cn2cnc(I)n2)c1Cl. The Morgan fingerprint density at radius 1 is 1.33 bits per heavy atom. The zero-order valence-electron chi connectivity index (χ0n) is 7.49. The summed E-state index contributed by atoms with van der Waals surface area (Å²) in [7, 11) is 0. The lowest BCUT2D eigenvalue weighted by molar-refractivity contribution is 0.680. The minimum Gasteiger partial charge on any atom is -0.247 e. The second kappa shape index (κ2) is 4.67. The van der Waals surface area contributed by atoms with Crippen molar-refractivity contribution < 1.29 is 0 Å². The second-order valence-electron chi connectivity index (χ2n) is 2.92. The molecule has 2 aromatic rings. The van der Waals surface area contributed by atoms with Crippen molar-refractivity contribution in [2.24, 2.45) is 0 Å². The minimum atomic E-state index is 0.559. The molecule has 1 heterocycles. The Morgan fingerprint density at radius 3 is 2.80 bits per heavy atom. The first-order valence-corrected chi connectivity index (χ1v) is 5.98. The highest BCUT2D eigenvalue weighted by Crippen LogP contribution is 2.25. The van der Waals surface area contributed by atoms with Gasteiger partial charge >= 0.3 is 0 Å². The molecule has 0 N–H and O–H groups in total. The van der Waals surface area contributed by atoms with E-state index in [0.29, 0.717) is 20.4 Å². The van der Waals surface area contributed by atoms with E-state index in [4.69, 9.17) is 23.2 Å². The molecule has 0 aliphatic rings. The monoisotopic (exact) mass is 353 g/mol. The number of rotatable bonds is 2. The normalized spacial score (nSPS) is 10.6. The Hall–Kier alpha value is -0.330. The third-order valence-corrected chi connectivity index (χ3v) is 3.22. The molecule has 1 aromatic heterocycles. The van der Waals surface area contributed by atoms with Crippen LogP contribution in [0.3, 0.4) is 0 Å². The molecule has 0 aliphatic heterocycles. The van der Waals surface area contributed by atoms with E-state index >= 15 is 0 Å². The second-order valence-corrected chi connectivity index (χ2v) is 4.67. The summed E-state index contributed by atoms with van der Waals surface area (Å²) in [6.07, 6.45) is 1.67. The molecule has 0 atom stereocenters. The van der Waals surface area contributed by atoms with Crippen LogP contribution in [-0.4, -0.2) is 14.8 Å². The molecular formula is C9H6Cl2IN3. The molecule has 0 saturated heterocycles. The molecule has 1 aromatic carbocycles. The van der Waals surface area contributed by atoms with Crippen molar-refractivity contribution in [3.63, 3.8) is 0 Å². The molecule has 0 radical (unpaired) electrons. The van der Waals surface area contributed by atoms with E-state index in [-0.39, 0.29) is 0 Å². The number of hydrogen-bond donors (Lipinski definition) is 0. The van der Waals surface area contributed by atoms with Crippen molar-refractivity contribution in [2.45, 2.75) is 6.54 Å². The smallest absolute Gasteiger partial charge is 0.211 e. The van der Waals surface area contributed by atoms with Gasteiger partial charge in [0.2, 0.25) is 3.83 Å². The van der Waals surface area contributed by atoms with Gasteiger partial charge in [0.25, 0.3) is 0 Å². The molecule has 2 rings (SSSR count). The van der Waals surface area contributed by atoms with E-state index < -0.39 is 0 Å². The fourth-order valence-corrected chi connectivity index (χ4v) is 1.97. The molecule has 6 heteroatoms. The lowest BCUT2D eigenvalue weighted by Gasteiger charge is -2.04. The number of hydrogen-bond acceptors (Lipinski definition) is 2. The van der Waals surface area contributed by atoms with E-state index in [1.54, 1.807) is 17.1 Å². The Morgan fingerprint density at radius 2 is 2.13 bits per heavy atom. The minimum absolute atomic E-state index is 0.559. The Balaban J connectivity index is 2.28. The summed E-state index contributed by atoms with van der Waals surface area (Å²) < 4.78 is 2.44. The summed E-state index contributed by atoms with van der Waals surface area (Å²) in [5.41, 5.74) is 0.936. The van der Waals surface area contributed by atoms with Gasteiger partial charge in [0, 0.05) is 22.6 Å². The molecule has 0 amide bonds. The zero-order chi connectivity index (χ0) is 10.8. The van der Waals surface area contributed by atoms with Gasteiger partial charge in [-0.25, -0.2) is 9.67 Å². The molecule has 0 bridgehead atoms. The van der Waals surface area contributed by atoms with Gasteiger partial charge in [-0.3, -0.25) is 0 Å². The number of halogens is 3. The third kappa shape index (κ3) is 2.62. The highest BCUT2D eigenvalue weighted by Gasteiger charge is 2.05. The van der Waals surface area contributed by atoms with Crippen molar-refractivity contribution in [3.8, 4) is 0 Å².